The van der Waals surface area contributed by atoms with E-state index in [0.29, 0.717) is 5.92 Å². The van der Waals surface area contributed by atoms with Crippen LogP contribution in [0.25, 0.3) is 0 Å². The highest BCUT2D eigenvalue weighted by Crippen LogP contribution is 2.38. The van der Waals surface area contributed by atoms with Crippen LogP contribution in [0.15, 0.2) is 24.3 Å². The number of hydrogen-bond acceptors (Lipinski definition) is 3. The Labute approximate surface area is 120 Å². The smallest absolute Gasteiger partial charge is 0.154 e. The number of nitrogens with two attached hydrogens (primary N) is 1. The SMILES string of the molecule is CC(C)c1nn(C)c(N2CCCc3ccccc32)c1N. The molecule has 2 heterocycles. The summed E-state index contributed by atoms with van der Waals surface area (Å²) in [6.07, 6.45) is 2.29. The van der Waals surface area contributed by atoms with Crippen molar-refractivity contribution in [3.05, 3.63) is 35.5 Å². The van der Waals surface area contributed by atoms with Crippen LogP contribution in [0.2, 0.25) is 0 Å². The highest BCUT2D eigenvalue weighted by Gasteiger charge is 2.25. The zero-order valence-electron chi connectivity index (χ0n) is 12.4. The Morgan fingerprint density at radius 1 is 1.25 bits per heavy atom. The van der Waals surface area contributed by atoms with Crippen LogP contribution in [0.5, 0.6) is 0 Å². The monoisotopic (exact) mass is 270 g/mol. The quantitative estimate of drug-likeness (QED) is 0.911. The molecule has 0 unspecified atom stereocenters. The molecule has 4 heteroatoms. The van der Waals surface area contributed by atoms with Gasteiger partial charge in [0.05, 0.1) is 11.4 Å². The van der Waals surface area contributed by atoms with Gasteiger partial charge in [0.15, 0.2) is 5.82 Å². The van der Waals surface area contributed by atoms with Crippen LogP contribution in [0.3, 0.4) is 0 Å². The second-order valence-electron chi connectivity index (χ2n) is 5.78. The van der Waals surface area contributed by atoms with Gasteiger partial charge in [-0.25, -0.2) is 0 Å². The minimum absolute atomic E-state index is 0.343. The van der Waals surface area contributed by atoms with Crippen molar-refractivity contribution < 1.29 is 0 Å². The Morgan fingerprint density at radius 3 is 2.70 bits per heavy atom. The van der Waals surface area contributed by atoms with Crippen LogP contribution in [-0.2, 0) is 13.5 Å². The Balaban J connectivity index is 2.11. The summed E-state index contributed by atoms with van der Waals surface area (Å²) in [7, 11) is 1.98. The van der Waals surface area contributed by atoms with E-state index in [-0.39, 0.29) is 0 Å². The molecule has 1 aliphatic heterocycles. The molecule has 0 fully saturated rings. The molecule has 1 aromatic carbocycles. The highest BCUT2D eigenvalue weighted by atomic mass is 15.4. The van der Waals surface area contributed by atoms with Crippen LogP contribution in [0.1, 0.15) is 37.4 Å². The predicted octanol–water partition coefficient (Wildman–Crippen LogP) is 3.21. The fourth-order valence-corrected chi connectivity index (χ4v) is 3.05. The molecule has 0 aliphatic carbocycles. The molecule has 1 aromatic heterocycles. The van der Waals surface area contributed by atoms with E-state index < -0.39 is 0 Å². The topological polar surface area (TPSA) is 47.1 Å². The third-order valence-corrected chi connectivity index (χ3v) is 3.99. The van der Waals surface area contributed by atoms with Gasteiger partial charge in [-0.05, 0) is 30.4 Å². The third-order valence-electron chi connectivity index (χ3n) is 3.99. The lowest BCUT2D eigenvalue weighted by molar-refractivity contribution is 0.687. The summed E-state index contributed by atoms with van der Waals surface area (Å²) in [5.41, 5.74) is 10.8. The maximum Gasteiger partial charge on any atom is 0.154 e. The molecule has 0 atom stereocenters. The van der Waals surface area contributed by atoms with Gasteiger partial charge in [0, 0.05) is 19.3 Å². The number of benzene rings is 1. The fourth-order valence-electron chi connectivity index (χ4n) is 3.05. The lowest BCUT2D eigenvalue weighted by Crippen LogP contribution is -2.27. The average Bonchev–Trinajstić information content (AvgIpc) is 2.74. The number of para-hydroxylation sites is 1. The number of hydrogen-bond donors (Lipinski definition) is 1. The minimum Gasteiger partial charge on any atom is -0.394 e. The number of aromatic nitrogens is 2. The van der Waals surface area contributed by atoms with Crippen molar-refractivity contribution >= 4 is 17.2 Å². The lowest BCUT2D eigenvalue weighted by Gasteiger charge is -2.31. The van der Waals surface area contributed by atoms with Crippen LogP contribution in [0.4, 0.5) is 17.2 Å². The molecule has 0 saturated carbocycles. The first-order valence-corrected chi connectivity index (χ1v) is 7.27. The van der Waals surface area contributed by atoms with Crippen LogP contribution < -0.4 is 10.6 Å². The molecule has 0 radical (unpaired) electrons. The summed E-state index contributed by atoms with van der Waals surface area (Å²) in [6, 6.07) is 8.58. The molecule has 0 saturated heterocycles. The largest absolute Gasteiger partial charge is 0.394 e. The Bertz CT molecular complexity index is 627. The predicted molar refractivity (Wildman–Crippen MR) is 83.5 cm³/mol. The van der Waals surface area contributed by atoms with E-state index in [1.165, 1.54) is 11.3 Å². The Hall–Kier alpha value is -1.97. The maximum absolute atomic E-state index is 6.37. The van der Waals surface area contributed by atoms with E-state index in [4.69, 9.17) is 5.73 Å². The summed E-state index contributed by atoms with van der Waals surface area (Å²) < 4.78 is 1.92. The van der Waals surface area contributed by atoms with Crippen molar-refractivity contribution in [1.29, 1.82) is 0 Å². The number of aryl methyl sites for hydroxylation is 2. The zero-order chi connectivity index (χ0) is 14.3. The number of fused-ring (bicyclic) bond motifs is 1. The van der Waals surface area contributed by atoms with Crippen molar-refractivity contribution in [2.75, 3.05) is 17.2 Å². The normalized spacial score (nSPS) is 14.7. The van der Waals surface area contributed by atoms with E-state index in [9.17, 15) is 0 Å². The second-order valence-corrected chi connectivity index (χ2v) is 5.78. The molecule has 106 valence electrons. The average molecular weight is 270 g/mol. The first-order valence-electron chi connectivity index (χ1n) is 7.27. The van der Waals surface area contributed by atoms with E-state index >= 15 is 0 Å². The number of nitrogens with zero attached hydrogens (tertiary/aromatic N) is 3. The minimum atomic E-state index is 0.343. The van der Waals surface area contributed by atoms with Gasteiger partial charge in [0.2, 0.25) is 0 Å². The van der Waals surface area contributed by atoms with Gasteiger partial charge in [-0.3, -0.25) is 4.68 Å². The number of rotatable bonds is 2. The van der Waals surface area contributed by atoms with E-state index in [1.807, 2.05) is 11.7 Å². The molecule has 20 heavy (non-hydrogen) atoms. The van der Waals surface area contributed by atoms with Gasteiger partial charge in [-0.1, -0.05) is 32.0 Å². The molecule has 0 spiro atoms. The van der Waals surface area contributed by atoms with Crippen molar-refractivity contribution in [2.45, 2.75) is 32.6 Å². The summed E-state index contributed by atoms with van der Waals surface area (Å²) >= 11 is 0. The van der Waals surface area contributed by atoms with Gasteiger partial charge >= 0.3 is 0 Å². The van der Waals surface area contributed by atoms with Crippen molar-refractivity contribution in [1.82, 2.24) is 9.78 Å². The molecule has 2 aromatic rings. The number of anilines is 3. The molecule has 2 N–H and O–H groups in total. The molecular weight excluding hydrogens is 248 g/mol. The van der Waals surface area contributed by atoms with Crippen molar-refractivity contribution in [3.8, 4) is 0 Å². The van der Waals surface area contributed by atoms with Crippen LogP contribution in [-0.4, -0.2) is 16.3 Å². The van der Waals surface area contributed by atoms with E-state index in [0.717, 1.165) is 36.6 Å². The molecule has 1 aliphatic rings. The van der Waals surface area contributed by atoms with E-state index in [1.54, 1.807) is 0 Å². The summed E-state index contributed by atoms with van der Waals surface area (Å²) in [6.45, 7) is 5.26. The Morgan fingerprint density at radius 2 is 2.00 bits per heavy atom. The van der Waals surface area contributed by atoms with Crippen LogP contribution in [0, 0.1) is 0 Å². The summed E-state index contributed by atoms with van der Waals surface area (Å²) in [4.78, 5) is 2.31. The zero-order valence-corrected chi connectivity index (χ0v) is 12.4. The Kier molecular flexibility index (Phi) is 3.16. The van der Waals surface area contributed by atoms with Gasteiger partial charge < -0.3 is 10.6 Å². The molecule has 0 amide bonds. The van der Waals surface area contributed by atoms with Gasteiger partial charge in [-0.2, -0.15) is 5.10 Å². The fraction of sp³-hybridized carbons (Fsp3) is 0.438. The van der Waals surface area contributed by atoms with Gasteiger partial charge in [0.25, 0.3) is 0 Å². The van der Waals surface area contributed by atoms with Crippen molar-refractivity contribution in [3.63, 3.8) is 0 Å². The maximum atomic E-state index is 6.37. The van der Waals surface area contributed by atoms with Crippen molar-refractivity contribution in [2.24, 2.45) is 7.05 Å². The van der Waals surface area contributed by atoms with Crippen LogP contribution >= 0.6 is 0 Å². The molecule has 0 bridgehead atoms. The van der Waals surface area contributed by atoms with Gasteiger partial charge in [0.1, 0.15) is 0 Å². The summed E-state index contributed by atoms with van der Waals surface area (Å²) in [5.74, 6) is 1.37. The first-order chi connectivity index (χ1) is 9.59. The second kappa shape index (κ2) is 4.85. The molecule has 4 nitrogen and oxygen atoms in total. The lowest BCUT2D eigenvalue weighted by atomic mass is 10.0. The molecule has 3 rings (SSSR count). The number of nitrogen functional groups attached to an aromatic ring is 1. The standard InChI is InChI=1S/C16H22N4/c1-11(2)15-14(17)16(19(3)18-15)20-10-6-8-12-7-4-5-9-13(12)20/h4-5,7,9,11H,6,8,10,17H2,1-3H3. The third kappa shape index (κ3) is 1.96. The molecular formula is C16H22N4. The first kappa shape index (κ1) is 13.0. The summed E-state index contributed by atoms with van der Waals surface area (Å²) in [5, 5.41) is 4.61. The van der Waals surface area contributed by atoms with Gasteiger partial charge in [-0.15, -0.1) is 0 Å². The highest BCUT2D eigenvalue weighted by molar-refractivity contribution is 5.76. The van der Waals surface area contributed by atoms with E-state index in [2.05, 4.69) is 48.1 Å².